The number of benzene rings is 2. The Morgan fingerprint density at radius 2 is 1.75 bits per heavy atom. The molecule has 124 valence electrons. The molecule has 1 N–H and O–H groups in total. The zero-order valence-electron chi connectivity index (χ0n) is 13.2. The maximum absolute atomic E-state index is 12.1. The SMILES string of the molecule is CC(=O)c1ccc(NC(=O)[C@@H](C)Oc2ccccc2[N+](=O)[O-])cc1. The average Bonchev–Trinajstić information content (AvgIpc) is 2.55. The number of amides is 1. The minimum Gasteiger partial charge on any atom is -0.474 e. The number of hydrogen-bond donors (Lipinski definition) is 1. The predicted molar refractivity (Wildman–Crippen MR) is 88.3 cm³/mol. The van der Waals surface area contributed by atoms with Crippen LogP contribution in [0.3, 0.4) is 0 Å². The van der Waals surface area contributed by atoms with E-state index in [4.69, 9.17) is 4.74 Å². The molecule has 1 amide bonds. The first-order valence-corrected chi connectivity index (χ1v) is 7.20. The third kappa shape index (κ3) is 4.16. The van der Waals surface area contributed by atoms with Crippen LogP contribution in [0.4, 0.5) is 11.4 Å². The second-order valence-electron chi connectivity index (χ2n) is 5.11. The molecular weight excluding hydrogens is 312 g/mol. The Morgan fingerprint density at radius 3 is 2.33 bits per heavy atom. The number of nitro benzene ring substituents is 1. The van der Waals surface area contributed by atoms with E-state index in [1.165, 1.54) is 32.0 Å². The number of hydrogen-bond acceptors (Lipinski definition) is 5. The lowest BCUT2D eigenvalue weighted by Crippen LogP contribution is -2.30. The molecule has 0 aliphatic rings. The third-order valence-electron chi connectivity index (χ3n) is 3.29. The molecule has 2 rings (SSSR count). The van der Waals surface area contributed by atoms with Gasteiger partial charge in [-0.25, -0.2) is 0 Å². The molecule has 7 heteroatoms. The molecule has 0 aliphatic carbocycles. The lowest BCUT2D eigenvalue weighted by atomic mass is 10.1. The van der Waals surface area contributed by atoms with Crippen molar-refractivity contribution in [1.82, 2.24) is 0 Å². The lowest BCUT2D eigenvalue weighted by molar-refractivity contribution is -0.386. The van der Waals surface area contributed by atoms with Crippen LogP contribution >= 0.6 is 0 Å². The highest BCUT2D eigenvalue weighted by Gasteiger charge is 2.20. The number of Topliss-reactive ketones (excluding diaryl/α,β-unsaturated/α-hetero) is 1. The highest BCUT2D eigenvalue weighted by molar-refractivity contribution is 5.96. The van der Waals surface area contributed by atoms with Gasteiger partial charge in [0.15, 0.2) is 17.6 Å². The van der Waals surface area contributed by atoms with Gasteiger partial charge in [-0.1, -0.05) is 12.1 Å². The molecule has 0 aromatic heterocycles. The predicted octanol–water partition coefficient (Wildman–Crippen LogP) is 3.20. The number of ether oxygens (including phenoxy) is 1. The maximum atomic E-state index is 12.1. The summed E-state index contributed by atoms with van der Waals surface area (Å²) in [4.78, 5) is 33.7. The number of carbonyl (C=O) groups excluding carboxylic acids is 2. The van der Waals surface area contributed by atoms with Crippen LogP contribution in [0.2, 0.25) is 0 Å². The number of para-hydroxylation sites is 2. The van der Waals surface area contributed by atoms with Crippen LogP contribution in [0.15, 0.2) is 48.5 Å². The Balaban J connectivity index is 2.05. The second kappa shape index (κ2) is 7.36. The highest BCUT2D eigenvalue weighted by Crippen LogP contribution is 2.27. The Labute approximate surface area is 138 Å². The molecule has 0 saturated carbocycles. The van der Waals surface area contributed by atoms with Crippen LogP contribution in [-0.4, -0.2) is 22.7 Å². The van der Waals surface area contributed by atoms with E-state index in [0.717, 1.165) is 0 Å². The number of nitro groups is 1. The molecule has 7 nitrogen and oxygen atoms in total. The van der Waals surface area contributed by atoms with Crippen molar-refractivity contribution in [3.05, 3.63) is 64.2 Å². The van der Waals surface area contributed by atoms with Gasteiger partial charge >= 0.3 is 5.69 Å². The first-order chi connectivity index (χ1) is 11.4. The summed E-state index contributed by atoms with van der Waals surface area (Å²) < 4.78 is 5.39. The van der Waals surface area contributed by atoms with E-state index in [1.807, 2.05) is 0 Å². The minimum absolute atomic E-state index is 0.0251. The number of ketones is 1. The van der Waals surface area contributed by atoms with Crippen molar-refractivity contribution in [1.29, 1.82) is 0 Å². The molecule has 2 aromatic carbocycles. The number of nitrogens with one attached hydrogen (secondary N) is 1. The van der Waals surface area contributed by atoms with Gasteiger partial charge in [0, 0.05) is 17.3 Å². The smallest absolute Gasteiger partial charge is 0.310 e. The van der Waals surface area contributed by atoms with E-state index < -0.39 is 16.9 Å². The normalized spacial score (nSPS) is 11.4. The molecule has 0 fully saturated rings. The summed E-state index contributed by atoms with van der Waals surface area (Å²) in [6.45, 7) is 2.95. The van der Waals surface area contributed by atoms with Gasteiger partial charge in [0.2, 0.25) is 0 Å². The summed E-state index contributed by atoms with van der Waals surface area (Å²) in [5.41, 5.74) is 0.836. The Bertz CT molecular complexity index is 771. The molecule has 0 heterocycles. The summed E-state index contributed by atoms with van der Waals surface area (Å²) in [5.74, 6) is -0.498. The largest absolute Gasteiger partial charge is 0.474 e. The van der Waals surface area contributed by atoms with Gasteiger partial charge < -0.3 is 10.1 Å². The van der Waals surface area contributed by atoms with Crippen LogP contribution in [0.25, 0.3) is 0 Å². The standard InChI is InChI=1S/C17H16N2O5/c1-11(20)13-7-9-14(10-8-13)18-17(21)12(2)24-16-6-4-3-5-15(16)19(22)23/h3-10,12H,1-2H3,(H,18,21)/t12-/m1/s1. The maximum Gasteiger partial charge on any atom is 0.310 e. The molecule has 0 spiro atoms. The quantitative estimate of drug-likeness (QED) is 0.499. The van der Waals surface area contributed by atoms with Crippen LogP contribution in [-0.2, 0) is 4.79 Å². The first kappa shape index (κ1) is 17.1. The second-order valence-corrected chi connectivity index (χ2v) is 5.11. The third-order valence-corrected chi connectivity index (χ3v) is 3.29. The summed E-state index contributed by atoms with van der Waals surface area (Å²) in [6.07, 6.45) is -0.932. The fourth-order valence-electron chi connectivity index (χ4n) is 1.98. The van der Waals surface area contributed by atoms with Crippen LogP contribution < -0.4 is 10.1 Å². The van der Waals surface area contributed by atoms with Gasteiger partial charge in [-0.2, -0.15) is 0 Å². The summed E-state index contributed by atoms with van der Waals surface area (Å²) in [5, 5.41) is 13.6. The van der Waals surface area contributed by atoms with Crippen LogP contribution in [0.1, 0.15) is 24.2 Å². The van der Waals surface area contributed by atoms with Crippen molar-refractivity contribution < 1.29 is 19.2 Å². The number of nitrogens with zero attached hydrogens (tertiary/aromatic N) is 1. The van der Waals surface area contributed by atoms with Crippen LogP contribution in [0.5, 0.6) is 5.75 Å². The Kier molecular flexibility index (Phi) is 5.26. The zero-order chi connectivity index (χ0) is 17.7. The summed E-state index contributed by atoms with van der Waals surface area (Å²) in [7, 11) is 0. The van der Waals surface area contributed by atoms with Crippen molar-refractivity contribution >= 4 is 23.1 Å². The van der Waals surface area contributed by atoms with E-state index >= 15 is 0 Å². The molecule has 24 heavy (non-hydrogen) atoms. The van der Waals surface area contributed by atoms with Crippen molar-refractivity contribution in [2.45, 2.75) is 20.0 Å². The monoisotopic (exact) mass is 328 g/mol. The summed E-state index contributed by atoms with van der Waals surface area (Å²) >= 11 is 0. The molecule has 0 saturated heterocycles. The molecule has 0 radical (unpaired) electrons. The number of rotatable bonds is 6. The molecule has 1 atom stereocenters. The van der Waals surface area contributed by atoms with Gasteiger partial charge in [0.05, 0.1) is 4.92 Å². The number of carbonyl (C=O) groups is 2. The van der Waals surface area contributed by atoms with Gasteiger partial charge in [-0.3, -0.25) is 19.7 Å². The topological polar surface area (TPSA) is 98.5 Å². The van der Waals surface area contributed by atoms with E-state index in [0.29, 0.717) is 11.3 Å². The Hall–Kier alpha value is -3.22. The molecular formula is C17H16N2O5. The van der Waals surface area contributed by atoms with Crippen molar-refractivity contribution in [3.8, 4) is 5.75 Å². The first-order valence-electron chi connectivity index (χ1n) is 7.20. The highest BCUT2D eigenvalue weighted by atomic mass is 16.6. The van der Waals surface area contributed by atoms with Gasteiger partial charge in [0.1, 0.15) is 0 Å². The van der Waals surface area contributed by atoms with Gasteiger partial charge in [-0.15, -0.1) is 0 Å². The van der Waals surface area contributed by atoms with E-state index in [2.05, 4.69) is 5.32 Å². The average molecular weight is 328 g/mol. The van der Waals surface area contributed by atoms with Gasteiger partial charge in [0.25, 0.3) is 5.91 Å². The van der Waals surface area contributed by atoms with Gasteiger partial charge in [-0.05, 0) is 44.2 Å². The molecule has 2 aromatic rings. The fourth-order valence-corrected chi connectivity index (χ4v) is 1.98. The van der Waals surface area contributed by atoms with Crippen molar-refractivity contribution in [2.24, 2.45) is 0 Å². The van der Waals surface area contributed by atoms with Crippen LogP contribution in [0, 0.1) is 10.1 Å². The number of anilines is 1. The molecule has 0 aliphatic heterocycles. The zero-order valence-corrected chi connectivity index (χ0v) is 13.2. The van der Waals surface area contributed by atoms with E-state index in [1.54, 1.807) is 30.3 Å². The van der Waals surface area contributed by atoms with Crippen molar-refractivity contribution in [3.63, 3.8) is 0 Å². The van der Waals surface area contributed by atoms with Crippen molar-refractivity contribution in [2.75, 3.05) is 5.32 Å². The lowest BCUT2D eigenvalue weighted by Gasteiger charge is -2.14. The minimum atomic E-state index is -0.932. The van der Waals surface area contributed by atoms with E-state index in [-0.39, 0.29) is 17.2 Å². The fraction of sp³-hybridized carbons (Fsp3) is 0.176. The molecule has 0 unspecified atom stereocenters. The Morgan fingerprint density at radius 1 is 1.12 bits per heavy atom. The molecule has 0 bridgehead atoms. The summed E-state index contributed by atoms with van der Waals surface area (Å²) in [6, 6.07) is 12.3. The van der Waals surface area contributed by atoms with E-state index in [9.17, 15) is 19.7 Å².